The summed E-state index contributed by atoms with van der Waals surface area (Å²) in [4.78, 5) is 21.4. The Kier molecular flexibility index (Phi) is 11.8. The van der Waals surface area contributed by atoms with Crippen molar-refractivity contribution < 1.29 is 19.8 Å². The van der Waals surface area contributed by atoms with Crippen LogP contribution in [0.25, 0.3) is 0 Å². The highest BCUT2D eigenvalue weighted by molar-refractivity contribution is 7.98. The van der Waals surface area contributed by atoms with E-state index in [0.29, 0.717) is 6.42 Å². The molecule has 0 aliphatic rings. The van der Waals surface area contributed by atoms with E-state index in [0.717, 1.165) is 5.75 Å². The fourth-order valence-corrected chi connectivity index (χ4v) is 1.13. The normalized spacial score (nSPS) is 11.6. The van der Waals surface area contributed by atoms with Crippen LogP contribution in [0.15, 0.2) is 0 Å². The average molecular weight is 252 g/mol. The third-order valence-electron chi connectivity index (χ3n) is 1.40. The van der Waals surface area contributed by atoms with E-state index in [1.807, 2.05) is 6.26 Å². The number of rotatable bonds is 6. The molecule has 0 unspecified atom stereocenters. The summed E-state index contributed by atoms with van der Waals surface area (Å²) in [5.41, 5.74) is 5.19. The van der Waals surface area contributed by atoms with Crippen molar-refractivity contribution >= 4 is 23.7 Å². The Bertz CT molecular complexity index is 212. The highest BCUT2D eigenvalue weighted by atomic mass is 32.2. The van der Waals surface area contributed by atoms with Gasteiger partial charge in [-0.05, 0) is 32.5 Å². The number of thioether (sulfide) groups is 1. The molecule has 0 amide bonds. The highest BCUT2D eigenvalue weighted by Gasteiger charge is 2.08. The van der Waals surface area contributed by atoms with Crippen molar-refractivity contribution in [3.8, 4) is 0 Å². The van der Waals surface area contributed by atoms with E-state index in [1.54, 1.807) is 30.8 Å². The Morgan fingerprint density at radius 1 is 1.38 bits per heavy atom. The van der Waals surface area contributed by atoms with Gasteiger partial charge in [0.05, 0.1) is 6.54 Å². The molecule has 1 atom stereocenters. The second-order valence-electron chi connectivity index (χ2n) is 3.36. The average Bonchev–Trinajstić information content (AvgIpc) is 2.12. The molecule has 0 heterocycles. The molecule has 0 aromatic rings. The predicted octanol–water partition coefficient (Wildman–Crippen LogP) is -0.216. The van der Waals surface area contributed by atoms with Crippen molar-refractivity contribution in [3.63, 3.8) is 0 Å². The number of likely N-dealkylation sites (N-methyl/N-ethyl adjacent to an activating group) is 1. The zero-order chi connectivity index (χ0) is 13.1. The van der Waals surface area contributed by atoms with Gasteiger partial charge in [-0.15, -0.1) is 0 Å². The van der Waals surface area contributed by atoms with Crippen LogP contribution in [0.4, 0.5) is 0 Å². The minimum atomic E-state index is -0.913. The molecule has 0 aromatic carbocycles. The molecule has 16 heavy (non-hydrogen) atoms. The van der Waals surface area contributed by atoms with E-state index >= 15 is 0 Å². The molecule has 0 radical (unpaired) electrons. The molecule has 0 saturated heterocycles. The second kappa shape index (κ2) is 10.7. The zero-order valence-electron chi connectivity index (χ0n) is 9.84. The molecule has 7 heteroatoms. The van der Waals surface area contributed by atoms with Gasteiger partial charge >= 0.3 is 11.9 Å². The first-order valence-electron chi connectivity index (χ1n) is 4.65. The Morgan fingerprint density at radius 2 is 1.88 bits per heavy atom. The van der Waals surface area contributed by atoms with Gasteiger partial charge < -0.3 is 15.9 Å². The molecular formula is C9H20N2O4S. The van der Waals surface area contributed by atoms with Crippen LogP contribution in [0.5, 0.6) is 0 Å². The summed E-state index contributed by atoms with van der Waals surface area (Å²) < 4.78 is 0. The molecule has 0 aliphatic carbocycles. The summed E-state index contributed by atoms with van der Waals surface area (Å²) in [6.45, 7) is 0.111. The summed E-state index contributed by atoms with van der Waals surface area (Å²) in [5, 5.41) is 16.3. The number of aliphatic carboxylic acids is 2. The Balaban J connectivity index is 0. The first-order valence-corrected chi connectivity index (χ1v) is 6.04. The van der Waals surface area contributed by atoms with E-state index in [2.05, 4.69) is 0 Å². The van der Waals surface area contributed by atoms with Gasteiger partial charge in [0.2, 0.25) is 0 Å². The first kappa shape index (κ1) is 17.6. The second-order valence-corrected chi connectivity index (χ2v) is 4.34. The SMILES string of the molecule is CN(C)CC(=O)O.CSCC[C@H](N)C(=O)O. The molecule has 0 saturated carbocycles. The fourth-order valence-electron chi connectivity index (χ4n) is 0.639. The predicted molar refractivity (Wildman–Crippen MR) is 64.8 cm³/mol. The lowest BCUT2D eigenvalue weighted by Crippen LogP contribution is -2.30. The standard InChI is InChI=1S/C5H11NO2S.C4H9NO2/c1-9-3-2-4(6)5(7)8;1-5(2)3-4(6)7/h4H,2-3,6H2,1H3,(H,7,8);3H2,1-2H3,(H,6,7)/t4-;/m0./s1. The van der Waals surface area contributed by atoms with E-state index < -0.39 is 18.0 Å². The van der Waals surface area contributed by atoms with Crippen LogP contribution in [0, 0.1) is 0 Å². The molecule has 0 bridgehead atoms. The Hall–Kier alpha value is -0.790. The van der Waals surface area contributed by atoms with Gasteiger partial charge in [0.15, 0.2) is 0 Å². The molecule has 96 valence electrons. The number of carbonyl (C=O) groups is 2. The summed E-state index contributed by atoms with van der Waals surface area (Å²) in [6, 6.07) is -0.683. The Morgan fingerprint density at radius 3 is 2.06 bits per heavy atom. The number of nitrogens with zero attached hydrogens (tertiary/aromatic N) is 1. The molecule has 6 nitrogen and oxygen atoms in total. The quantitative estimate of drug-likeness (QED) is 0.600. The highest BCUT2D eigenvalue weighted by Crippen LogP contribution is 1.97. The van der Waals surface area contributed by atoms with Crippen LogP contribution in [-0.2, 0) is 9.59 Å². The zero-order valence-corrected chi connectivity index (χ0v) is 10.7. The molecule has 0 fully saturated rings. The number of carboxylic acids is 2. The maximum absolute atomic E-state index is 10.1. The van der Waals surface area contributed by atoms with Crippen molar-refractivity contribution in [1.82, 2.24) is 4.90 Å². The van der Waals surface area contributed by atoms with Gasteiger partial charge in [-0.25, -0.2) is 0 Å². The molecule has 0 aromatic heterocycles. The smallest absolute Gasteiger partial charge is 0.320 e. The van der Waals surface area contributed by atoms with Crippen LogP contribution in [0.1, 0.15) is 6.42 Å². The number of hydrogen-bond acceptors (Lipinski definition) is 5. The van der Waals surface area contributed by atoms with Gasteiger partial charge in [-0.3, -0.25) is 14.5 Å². The number of carboxylic acid groups (broad SMARTS) is 2. The largest absolute Gasteiger partial charge is 0.480 e. The van der Waals surface area contributed by atoms with E-state index in [1.165, 1.54) is 0 Å². The first-order chi connectivity index (χ1) is 7.31. The molecule has 0 aliphatic heterocycles. The summed E-state index contributed by atoms with van der Waals surface area (Å²) in [7, 11) is 3.43. The Labute approximate surface area is 99.8 Å². The summed E-state index contributed by atoms with van der Waals surface area (Å²) in [6.07, 6.45) is 2.48. The van der Waals surface area contributed by atoms with Crippen LogP contribution >= 0.6 is 11.8 Å². The summed E-state index contributed by atoms with van der Waals surface area (Å²) in [5.74, 6) is -0.887. The number of nitrogens with two attached hydrogens (primary N) is 1. The van der Waals surface area contributed by atoms with Crippen molar-refractivity contribution in [2.75, 3.05) is 32.6 Å². The van der Waals surface area contributed by atoms with Crippen molar-refractivity contribution in [3.05, 3.63) is 0 Å². The number of hydrogen-bond donors (Lipinski definition) is 3. The maximum atomic E-state index is 10.1. The van der Waals surface area contributed by atoms with Crippen LogP contribution in [0.3, 0.4) is 0 Å². The van der Waals surface area contributed by atoms with Gasteiger partial charge in [-0.1, -0.05) is 0 Å². The lowest BCUT2D eigenvalue weighted by Gasteiger charge is -2.02. The van der Waals surface area contributed by atoms with Gasteiger partial charge in [-0.2, -0.15) is 11.8 Å². The van der Waals surface area contributed by atoms with Gasteiger partial charge in [0, 0.05) is 0 Å². The molecule has 4 N–H and O–H groups in total. The monoisotopic (exact) mass is 252 g/mol. The minimum absolute atomic E-state index is 0.111. The van der Waals surface area contributed by atoms with Gasteiger partial charge in [0.25, 0.3) is 0 Å². The third-order valence-corrected chi connectivity index (χ3v) is 2.05. The topological polar surface area (TPSA) is 104 Å². The van der Waals surface area contributed by atoms with Crippen molar-refractivity contribution in [1.29, 1.82) is 0 Å². The fraction of sp³-hybridized carbons (Fsp3) is 0.778. The van der Waals surface area contributed by atoms with Crippen molar-refractivity contribution in [2.24, 2.45) is 5.73 Å². The summed E-state index contributed by atoms with van der Waals surface area (Å²) >= 11 is 1.60. The molecule has 0 rings (SSSR count). The van der Waals surface area contributed by atoms with E-state index in [4.69, 9.17) is 15.9 Å². The van der Waals surface area contributed by atoms with E-state index in [9.17, 15) is 9.59 Å². The maximum Gasteiger partial charge on any atom is 0.320 e. The third kappa shape index (κ3) is 15.7. The van der Waals surface area contributed by atoms with Crippen LogP contribution in [-0.4, -0.2) is 65.7 Å². The van der Waals surface area contributed by atoms with E-state index in [-0.39, 0.29) is 6.54 Å². The molecular weight excluding hydrogens is 232 g/mol. The van der Waals surface area contributed by atoms with Crippen LogP contribution in [0.2, 0.25) is 0 Å². The van der Waals surface area contributed by atoms with Crippen LogP contribution < -0.4 is 5.73 Å². The van der Waals surface area contributed by atoms with Gasteiger partial charge in [0.1, 0.15) is 6.04 Å². The lowest BCUT2D eigenvalue weighted by atomic mass is 10.2. The molecule has 0 spiro atoms. The lowest BCUT2D eigenvalue weighted by molar-refractivity contribution is -0.139. The van der Waals surface area contributed by atoms with Crippen molar-refractivity contribution in [2.45, 2.75) is 12.5 Å². The minimum Gasteiger partial charge on any atom is -0.480 e.